The van der Waals surface area contributed by atoms with Gasteiger partial charge in [-0.25, -0.2) is 13.2 Å². The van der Waals surface area contributed by atoms with Gasteiger partial charge in [-0.3, -0.25) is 9.78 Å². The number of benzene rings is 1. The maximum Gasteiger partial charge on any atom is 0.335 e. The van der Waals surface area contributed by atoms with E-state index in [4.69, 9.17) is 5.11 Å². The van der Waals surface area contributed by atoms with Crippen LogP contribution in [-0.2, 0) is 14.8 Å². The van der Waals surface area contributed by atoms with Gasteiger partial charge in [0.2, 0.25) is 15.9 Å². The highest BCUT2D eigenvalue weighted by molar-refractivity contribution is 7.89. The molecule has 2 aromatic rings. The molecule has 1 aliphatic heterocycles. The Balaban J connectivity index is 1.58. The lowest BCUT2D eigenvalue weighted by molar-refractivity contribution is -0.120. The maximum absolute atomic E-state index is 12.6. The van der Waals surface area contributed by atoms with Crippen LogP contribution in [0.25, 0.3) is 0 Å². The number of carboxylic acid groups (broad SMARTS) is 1. The Kier molecular flexibility index (Phi) is 5.52. The van der Waals surface area contributed by atoms with Gasteiger partial charge in [-0.2, -0.15) is 4.31 Å². The predicted octanol–water partition coefficient (Wildman–Crippen LogP) is 1.82. The van der Waals surface area contributed by atoms with Crippen LogP contribution in [0.15, 0.2) is 53.7 Å². The molecule has 142 valence electrons. The van der Waals surface area contributed by atoms with Gasteiger partial charge >= 0.3 is 5.97 Å². The van der Waals surface area contributed by atoms with Gasteiger partial charge in [0.05, 0.1) is 5.56 Å². The zero-order valence-electron chi connectivity index (χ0n) is 14.4. The largest absolute Gasteiger partial charge is 0.478 e. The van der Waals surface area contributed by atoms with Crippen LogP contribution >= 0.6 is 0 Å². The monoisotopic (exact) mass is 389 g/mol. The Morgan fingerprint density at radius 2 is 1.78 bits per heavy atom. The number of amides is 1. The van der Waals surface area contributed by atoms with Gasteiger partial charge in [-0.15, -0.1) is 0 Å². The van der Waals surface area contributed by atoms with E-state index < -0.39 is 16.0 Å². The smallest absolute Gasteiger partial charge is 0.335 e. The second-order valence-electron chi connectivity index (χ2n) is 6.24. The van der Waals surface area contributed by atoms with E-state index in [1.54, 1.807) is 6.07 Å². The highest BCUT2D eigenvalue weighted by atomic mass is 32.2. The molecule has 1 saturated heterocycles. The molecular weight excluding hydrogens is 370 g/mol. The summed E-state index contributed by atoms with van der Waals surface area (Å²) >= 11 is 0. The first kappa shape index (κ1) is 19.0. The minimum Gasteiger partial charge on any atom is -0.478 e. The molecule has 0 bridgehead atoms. The van der Waals surface area contributed by atoms with Crippen molar-refractivity contribution >= 4 is 27.6 Å². The second-order valence-corrected chi connectivity index (χ2v) is 8.18. The number of hydrogen-bond acceptors (Lipinski definition) is 5. The van der Waals surface area contributed by atoms with Gasteiger partial charge in [0.25, 0.3) is 0 Å². The van der Waals surface area contributed by atoms with Crippen molar-refractivity contribution in [3.63, 3.8) is 0 Å². The quantitative estimate of drug-likeness (QED) is 0.806. The van der Waals surface area contributed by atoms with E-state index in [1.807, 2.05) is 0 Å². The van der Waals surface area contributed by atoms with Crippen molar-refractivity contribution in [3.05, 3.63) is 54.4 Å². The first-order valence-corrected chi connectivity index (χ1v) is 9.86. The van der Waals surface area contributed by atoms with Crippen LogP contribution < -0.4 is 5.32 Å². The summed E-state index contributed by atoms with van der Waals surface area (Å²) in [4.78, 5) is 27.2. The summed E-state index contributed by atoms with van der Waals surface area (Å²) in [5, 5.41) is 11.6. The number of anilines is 1. The third-order valence-electron chi connectivity index (χ3n) is 4.50. The van der Waals surface area contributed by atoms with Crippen LogP contribution in [-0.4, -0.2) is 47.8 Å². The Labute approximate surface area is 156 Å². The molecule has 3 rings (SSSR count). The molecule has 0 radical (unpaired) electrons. The summed E-state index contributed by atoms with van der Waals surface area (Å²) < 4.78 is 26.5. The molecule has 1 fully saturated rings. The van der Waals surface area contributed by atoms with Crippen LogP contribution in [0.3, 0.4) is 0 Å². The van der Waals surface area contributed by atoms with Gasteiger partial charge in [0, 0.05) is 37.1 Å². The molecule has 0 unspecified atom stereocenters. The van der Waals surface area contributed by atoms with Crippen LogP contribution in [0.1, 0.15) is 23.2 Å². The Morgan fingerprint density at radius 3 is 2.33 bits per heavy atom. The predicted molar refractivity (Wildman–Crippen MR) is 97.8 cm³/mol. The number of nitrogens with one attached hydrogen (secondary N) is 1. The molecule has 8 nitrogen and oxygen atoms in total. The molecule has 0 aliphatic carbocycles. The third kappa shape index (κ3) is 4.32. The number of pyridine rings is 1. The van der Waals surface area contributed by atoms with Crippen LogP contribution in [0.4, 0.5) is 5.69 Å². The van der Waals surface area contributed by atoms with E-state index in [2.05, 4.69) is 10.3 Å². The average molecular weight is 389 g/mol. The molecule has 1 aromatic heterocycles. The van der Waals surface area contributed by atoms with Crippen molar-refractivity contribution in [3.8, 4) is 0 Å². The fraction of sp³-hybridized carbons (Fsp3) is 0.278. The van der Waals surface area contributed by atoms with Crippen LogP contribution in [0.2, 0.25) is 0 Å². The van der Waals surface area contributed by atoms with Gasteiger partial charge < -0.3 is 10.4 Å². The number of aromatic nitrogens is 1. The van der Waals surface area contributed by atoms with Crippen molar-refractivity contribution < 1.29 is 23.1 Å². The van der Waals surface area contributed by atoms with Crippen molar-refractivity contribution in [2.75, 3.05) is 18.4 Å². The van der Waals surface area contributed by atoms with Crippen LogP contribution in [0.5, 0.6) is 0 Å². The first-order valence-electron chi connectivity index (χ1n) is 8.42. The maximum atomic E-state index is 12.6. The lowest BCUT2D eigenvalue weighted by Gasteiger charge is -2.30. The summed E-state index contributed by atoms with van der Waals surface area (Å²) in [6.07, 6.45) is 3.66. The molecular formula is C18H19N3O5S. The van der Waals surface area contributed by atoms with E-state index in [0.717, 1.165) is 0 Å². The molecule has 0 saturated carbocycles. The second kappa shape index (κ2) is 7.85. The molecule has 1 aliphatic rings. The summed E-state index contributed by atoms with van der Waals surface area (Å²) in [6, 6.07) is 8.97. The lowest BCUT2D eigenvalue weighted by Crippen LogP contribution is -2.41. The number of carbonyl (C=O) groups excluding carboxylic acids is 1. The van der Waals surface area contributed by atoms with Gasteiger partial charge in [0.1, 0.15) is 4.90 Å². The zero-order chi connectivity index (χ0) is 19.4. The lowest BCUT2D eigenvalue weighted by atomic mass is 9.97. The highest BCUT2D eigenvalue weighted by Gasteiger charge is 2.32. The van der Waals surface area contributed by atoms with Gasteiger partial charge in [-0.1, -0.05) is 0 Å². The van der Waals surface area contributed by atoms with Crippen molar-refractivity contribution in [1.82, 2.24) is 9.29 Å². The standard InChI is InChI=1S/C18H19N3O5S/c22-17(20-15-5-3-14(4-6-15)18(23)24)13-7-10-21(11-8-13)27(25,26)16-2-1-9-19-12-16/h1-6,9,12-13H,7-8,10-11H2,(H,20,22)(H,23,24). The SMILES string of the molecule is O=C(O)c1ccc(NC(=O)C2CCN(S(=O)(=O)c3cccnc3)CC2)cc1. The zero-order valence-corrected chi connectivity index (χ0v) is 15.2. The molecule has 1 aromatic carbocycles. The molecule has 1 amide bonds. The molecule has 27 heavy (non-hydrogen) atoms. The number of hydrogen-bond donors (Lipinski definition) is 2. The van der Waals surface area contributed by atoms with E-state index in [9.17, 15) is 18.0 Å². The Hall–Kier alpha value is -2.78. The molecule has 9 heteroatoms. The average Bonchev–Trinajstić information content (AvgIpc) is 2.69. The van der Waals surface area contributed by atoms with Crippen molar-refractivity contribution in [2.45, 2.75) is 17.7 Å². The van der Waals surface area contributed by atoms with E-state index in [1.165, 1.54) is 47.0 Å². The minimum atomic E-state index is -3.60. The normalized spacial score (nSPS) is 16.0. The fourth-order valence-corrected chi connectivity index (χ4v) is 4.38. The Morgan fingerprint density at radius 1 is 1.11 bits per heavy atom. The number of nitrogens with zero attached hydrogens (tertiary/aromatic N) is 2. The number of carbonyl (C=O) groups is 2. The number of rotatable bonds is 5. The summed E-state index contributed by atoms with van der Waals surface area (Å²) in [6.45, 7) is 0.514. The molecule has 0 spiro atoms. The first-order chi connectivity index (χ1) is 12.9. The minimum absolute atomic E-state index is 0.141. The van der Waals surface area contributed by atoms with Crippen LogP contribution in [0, 0.1) is 5.92 Å². The fourth-order valence-electron chi connectivity index (χ4n) is 2.95. The molecule has 2 heterocycles. The molecule has 0 atom stereocenters. The van der Waals surface area contributed by atoms with E-state index in [-0.39, 0.29) is 35.4 Å². The number of piperidine rings is 1. The molecule has 2 N–H and O–H groups in total. The summed E-state index contributed by atoms with van der Waals surface area (Å²) in [5.74, 6) is -1.53. The number of aromatic carboxylic acids is 1. The number of sulfonamides is 1. The van der Waals surface area contributed by atoms with Crippen molar-refractivity contribution in [2.24, 2.45) is 5.92 Å². The van der Waals surface area contributed by atoms with E-state index in [0.29, 0.717) is 18.5 Å². The van der Waals surface area contributed by atoms with Gasteiger partial charge in [-0.05, 0) is 49.2 Å². The Bertz CT molecular complexity index is 921. The topological polar surface area (TPSA) is 117 Å². The van der Waals surface area contributed by atoms with Gasteiger partial charge in [0.15, 0.2) is 0 Å². The van der Waals surface area contributed by atoms with Crippen molar-refractivity contribution in [1.29, 1.82) is 0 Å². The summed E-state index contributed by atoms with van der Waals surface area (Å²) in [7, 11) is -3.60. The number of carboxylic acids is 1. The summed E-state index contributed by atoms with van der Waals surface area (Å²) in [5.41, 5.74) is 0.650. The third-order valence-corrected chi connectivity index (χ3v) is 6.38. The highest BCUT2D eigenvalue weighted by Crippen LogP contribution is 2.24. The van der Waals surface area contributed by atoms with E-state index >= 15 is 0 Å².